The average molecular weight is 436 g/mol. The molecule has 156 valence electrons. The number of hydrogen-bond acceptors (Lipinski definition) is 5. The van der Waals surface area contributed by atoms with E-state index in [2.05, 4.69) is 5.10 Å². The molecule has 30 heavy (non-hydrogen) atoms. The molecule has 3 aromatic rings. The van der Waals surface area contributed by atoms with Gasteiger partial charge >= 0.3 is 0 Å². The summed E-state index contributed by atoms with van der Waals surface area (Å²) in [5.41, 5.74) is -1.08. The number of hydrogen-bond donors (Lipinski definition) is 1. The fourth-order valence-corrected chi connectivity index (χ4v) is 3.83. The first-order chi connectivity index (χ1) is 14.2. The highest BCUT2D eigenvalue weighted by atomic mass is 32.2. The van der Waals surface area contributed by atoms with Crippen LogP contribution in [0, 0.1) is 17.1 Å². The molecule has 11 heteroatoms. The Morgan fingerprint density at radius 1 is 1.27 bits per heavy atom. The third kappa shape index (κ3) is 3.87. The Labute approximate surface area is 170 Å². The molecule has 0 fully saturated rings. The van der Waals surface area contributed by atoms with Crippen LogP contribution in [0.5, 0.6) is 5.75 Å². The number of ether oxygens (including phenoxy) is 1. The summed E-state index contributed by atoms with van der Waals surface area (Å²) in [7, 11) is -2.98. The van der Waals surface area contributed by atoms with Crippen LogP contribution < -0.4 is 9.88 Å². The summed E-state index contributed by atoms with van der Waals surface area (Å²) >= 11 is 0. The number of benzene rings is 2. The molecule has 0 atom stereocenters. The van der Waals surface area contributed by atoms with Crippen LogP contribution in [0.1, 0.15) is 12.1 Å². The number of primary sulfonamides is 1. The van der Waals surface area contributed by atoms with Gasteiger partial charge in [-0.1, -0.05) is 24.3 Å². The van der Waals surface area contributed by atoms with Crippen LogP contribution in [-0.2, 0) is 16.6 Å². The SMILES string of the molecule is COc1ccc(-c2c(-c3ccccc3S(N)(=O)=O)nn(CC#N)c2C(F)F)cc1F. The van der Waals surface area contributed by atoms with Gasteiger partial charge in [0.25, 0.3) is 6.43 Å². The number of halogens is 3. The van der Waals surface area contributed by atoms with E-state index >= 15 is 0 Å². The quantitative estimate of drug-likeness (QED) is 0.636. The molecule has 0 spiro atoms. The molecular formula is C19H15F3N4O3S. The third-order valence-electron chi connectivity index (χ3n) is 4.31. The molecule has 2 aromatic carbocycles. The van der Waals surface area contributed by atoms with Crippen molar-refractivity contribution in [2.75, 3.05) is 7.11 Å². The molecule has 0 aliphatic carbocycles. The van der Waals surface area contributed by atoms with Gasteiger partial charge in [0.2, 0.25) is 10.0 Å². The van der Waals surface area contributed by atoms with Crippen LogP contribution in [0.2, 0.25) is 0 Å². The van der Waals surface area contributed by atoms with Crippen LogP contribution in [0.15, 0.2) is 47.4 Å². The largest absolute Gasteiger partial charge is 0.494 e. The van der Waals surface area contributed by atoms with Crippen LogP contribution in [0.4, 0.5) is 13.2 Å². The summed E-state index contributed by atoms with van der Waals surface area (Å²) in [5, 5.41) is 18.3. The van der Waals surface area contributed by atoms with Gasteiger partial charge in [-0.05, 0) is 23.8 Å². The number of nitrogens with two attached hydrogens (primary N) is 1. The van der Waals surface area contributed by atoms with E-state index in [9.17, 15) is 21.6 Å². The van der Waals surface area contributed by atoms with Crippen LogP contribution in [0.25, 0.3) is 22.4 Å². The van der Waals surface area contributed by atoms with Gasteiger partial charge in [-0.15, -0.1) is 0 Å². The molecule has 0 amide bonds. The Morgan fingerprint density at radius 2 is 1.97 bits per heavy atom. The maximum Gasteiger partial charge on any atom is 0.280 e. The van der Waals surface area contributed by atoms with Gasteiger partial charge in [0, 0.05) is 11.1 Å². The molecule has 0 aliphatic heterocycles. The minimum atomic E-state index is -4.23. The summed E-state index contributed by atoms with van der Waals surface area (Å²) in [6.07, 6.45) is -3.08. The third-order valence-corrected chi connectivity index (χ3v) is 5.28. The van der Waals surface area contributed by atoms with Crippen molar-refractivity contribution < 1.29 is 26.3 Å². The number of alkyl halides is 2. The number of aromatic nitrogens is 2. The normalized spacial score (nSPS) is 11.5. The second-order valence-electron chi connectivity index (χ2n) is 6.12. The Hall–Kier alpha value is -3.36. The zero-order valence-corrected chi connectivity index (χ0v) is 16.3. The Morgan fingerprint density at radius 3 is 2.53 bits per heavy atom. The highest BCUT2D eigenvalue weighted by Crippen LogP contribution is 2.41. The molecule has 1 heterocycles. The van der Waals surface area contributed by atoms with Gasteiger partial charge in [0.05, 0.1) is 18.1 Å². The van der Waals surface area contributed by atoms with Crippen molar-refractivity contribution in [3.63, 3.8) is 0 Å². The predicted molar refractivity (Wildman–Crippen MR) is 102 cm³/mol. The lowest BCUT2D eigenvalue weighted by atomic mass is 9.98. The summed E-state index contributed by atoms with van der Waals surface area (Å²) in [4.78, 5) is -0.345. The van der Waals surface area contributed by atoms with E-state index in [0.29, 0.717) is 0 Å². The van der Waals surface area contributed by atoms with Crippen molar-refractivity contribution in [2.24, 2.45) is 5.14 Å². The lowest BCUT2D eigenvalue weighted by Gasteiger charge is -2.11. The van der Waals surface area contributed by atoms with E-state index in [0.717, 1.165) is 10.7 Å². The lowest BCUT2D eigenvalue weighted by Crippen LogP contribution is -2.13. The van der Waals surface area contributed by atoms with Crippen molar-refractivity contribution in [3.05, 3.63) is 54.0 Å². The van der Waals surface area contributed by atoms with Crippen molar-refractivity contribution in [2.45, 2.75) is 17.9 Å². The van der Waals surface area contributed by atoms with Crippen molar-refractivity contribution in [3.8, 4) is 34.2 Å². The fourth-order valence-electron chi connectivity index (χ4n) is 3.09. The predicted octanol–water partition coefficient (Wildman–Crippen LogP) is 3.47. The van der Waals surface area contributed by atoms with Gasteiger partial charge in [-0.25, -0.2) is 31.4 Å². The van der Waals surface area contributed by atoms with E-state index in [-0.39, 0.29) is 33.0 Å². The molecule has 2 N–H and O–H groups in total. The summed E-state index contributed by atoms with van der Waals surface area (Å²) in [6.45, 7) is -0.525. The van der Waals surface area contributed by atoms with E-state index in [1.807, 2.05) is 0 Å². The molecule has 0 saturated heterocycles. The molecule has 1 aromatic heterocycles. The first kappa shape index (κ1) is 21.4. The van der Waals surface area contributed by atoms with Gasteiger partial charge in [0.1, 0.15) is 17.9 Å². The first-order valence-corrected chi connectivity index (χ1v) is 9.95. The zero-order chi connectivity index (χ0) is 22.1. The van der Waals surface area contributed by atoms with E-state index in [1.165, 1.54) is 43.5 Å². The highest BCUT2D eigenvalue weighted by molar-refractivity contribution is 7.89. The van der Waals surface area contributed by atoms with Crippen molar-refractivity contribution in [1.82, 2.24) is 9.78 Å². The fraction of sp³-hybridized carbons (Fsp3) is 0.158. The average Bonchev–Trinajstić information content (AvgIpc) is 3.07. The first-order valence-electron chi connectivity index (χ1n) is 8.41. The number of sulfonamides is 1. The Bertz CT molecular complexity index is 1250. The van der Waals surface area contributed by atoms with Gasteiger partial charge < -0.3 is 4.74 Å². The van der Waals surface area contributed by atoms with Gasteiger partial charge in [-0.2, -0.15) is 10.4 Å². The van der Waals surface area contributed by atoms with Crippen molar-refractivity contribution in [1.29, 1.82) is 5.26 Å². The molecule has 3 rings (SSSR count). The Balaban J connectivity index is 2.42. The number of methoxy groups -OCH3 is 1. The lowest BCUT2D eigenvalue weighted by molar-refractivity contribution is 0.140. The van der Waals surface area contributed by atoms with Crippen molar-refractivity contribution >= 4 is 10.0 Å². The minimum Gasteiger partial charge on any atom is -0.494 e. The maximum absolute atomic E-state index is 14.3. The summed E-state index contributed by atoms with van der Waals surface area (Å²) in [5.74, 6) is -0.915. The second kappa shape index (κ2) is 8.17. The Kier molecular flexibility index (Phi) is 5.82. The molecule has 0 unspecified atom stereocenters. The summed E-state index contributed by atoms with van der Waals surface area (Å²) < 4.78 is 71.9. The minimum absolute atomic E-state index is 0.00649. The number of nitrogens with zero attached hydrogens (tertiary/aromatic N) is 3. The standard InChI is InChI=1S/C19H15F3N4O3S/c1-29-14-7-6-11(10-13(14)20)16-17(25-26(9-8-23)18(16)19(21)22)12-4-2-3-5-15(12)30(24,27)28/h2-7,10,19H,9H2,1H3,(H2,24,27,28). The van der Waals surface area contributed by atoms with Gasteiger partial charge in [0.15, 0.2) is 11.6 Å². The summed E-state index contributed by atoms with van der Waals surface area (Å²) in [6, 6.07) is 10.7. The molecule has 0 saturated carbocycles. The van der Waals surface area contributed by atoms with Crippen LogP contribution in [-0.4, -0.2) is 25.3 Å². The smallest absolute Gasteiger partial charge is 0.280 e. The molecule has 7 nitrogen and oxygen atoms in total. The number of nitriles is 1. The maximum atomic E-state index is 14.3. The van der Waals surface area contributed by atoms with E-state index in [1.54, 1.807) is 6.07 Å². The highest BCUT2D eigenvalue weighted by Gasteiger charge is 2.29. The molecule has 0 bridgehead atoms. The molecule has 0 aliphatic rings. The van der Waals surface area contributed by atoms with Crippen LogP contribution in [0.3, 0.4) is 0 Å². The van der Waals surface area contributed by atoms with E-state index in [4.69, 9.17) is 15.1 Å². The topological polar surface area (TPSA) is 111 Å². The molecule has 0 radical (unpaired) electrons. The monoisotopic (exact) mass is 436 g/mol. The second-order valence-corrected chi connectivity index (χ2v) is 7.65. The molecular weight excluding hydrogens is 421 g/mol. The number of rotatable bonds is 6. The van der Waals surface area contributed by atoms with Crippen LogP contribution >= 0.6 is 0 Å². The van der Waals surface area contributed by atoms with E-state index < -0.39 is 34.5 Å². The zero-order valence-electron chi connectivity index (χ0n) is 15.5. The van der Waals surface area contributed by atoms with Gasteiger partial charge in [-0.3, -0.25) is 0 Å².